The molecule has 0 saturated carbocycles. The lowest BCUT2D eigenvalue weighted by atomic mass is 10.1. The van der Waals surface area contributed by atoms with Gasteiger partial charge in [0.2, 0.25) is 5.78 Å². The summed E-state index contributed by atoms with van der Waals surface area (Å²) in [7, 11) is 0. The molecule has 2 aromatic rings. The number of benzene rings is 1. The molecule has 0 bridgehead atoms. The van der Waals surface area contributed by atoms with Crippen LogP contribution in [0.3, 0.4) is 0 Å². The highest BCUT2D eigenvalue weighted by Gasteiger charge is 2.21. The van der Waals surface area contributed by atoms with Gasteiger partial charge in [0.05, 0.1) is 6.07 Å². The third-order valence-electron chi connectivity index (χ3n) is 2.22. The summed E-state index contributed by atoms with van der Waals surface area (Å²) in [5.41, 5.74) is 6.29. The summed E-state index contributed by atoms with van der Waals surface area (Å²) in [5.74, 6) is -0.449. The third-order valence-corrected chi connectivity index (χ3v) is 2.22. The van der Waals surface area contributed by atoms with Crippen LogP contribution in [-0.4, -0.2) is 17.0 Å². The average molecular weight is 242 g/mol. The van der Waals surface area contributed by atoms with E-state index in [1.807, 2.05) is 36.4 Å². The van der Waals surface area contributed by atoms with E-state index >= 15 is 0 Å². The van der Waals surface area contributed by atoms with Crippen molar-refractivity contribution in [2.24, 2.45) is 0 Å². The smallest absolute Gasteiger partial charge is 0.217 e. The molecule has 1 aromatic heterocycles. The first kappa shape index (κ1) is 11.8. The molecule has 6 nitrogen and oxygen atoms in total. The van der Waals surface area contributed by atoms with E-state index in [2.05, 4.69) is 20.5 Å². The van der Waals surface area contributed by atoms with Crippen molar-refractivity contribution in [3.63, 3.8) is 0 Å². The van der Waals surface area contributed by atoms with Gasteiger partial charge in [-0.05, 0) is 12.1 Å². The highest BCUT2D eigenvalue weighted by Crippen LogP contribution is 2.04. The van der Waals surface area contributed by atoms with Gasteiger partial charge in [0.15, 0.2) is 11.7 Å². The average Bonchev–Trinajstić information content (AvgIpc) is 2.94. The number of aromatic nitrogens is 1. The molecule has 1 aromatic carbocycles. The number of carbonyl (C=O) groups excluding carboxylic acids is 1. The van der Waals surface area contributed by atoms with Crippen LogP contribution >= 0.6 is 0 Å². The molecule has 90 valence electrons. The molecule has 2 rings (SSSR count). The number of carbonyl (C=O) groups is 1. The number of anilines is 1. The third kappa shape index (κ3) is 2.72. The lowest BCUT2D eigenvalue weighted by Gasteiger charge is -2.11. The second kappa shape index (κ2) is 5.61. The minimum absolute atomic E-state index is 0.115. The summed E-state index contributed by atoms with van der Waals surface area (Å²) >= 11 is 0. The Kier molecular flexibility index (Phi) is 3.69. The van der Waals surface area contributed by atoms with Crippen LogP contribution in [0.2, 0.25) is 0 Å². The van der Waals surface area contributed by atoms with Crippen LogP contribution in [0.15, 0.2) is 47.2 Å². The molecule has 1 heterocycles. The van der Waals surface area contributed by atoms with Gasteiger partial charge in [0.1, 0.15) is 6.26 Å². The predicted octanol–water partition coefficient (Wildman–Crippen LogP) is 1.37. The van der Waals surface area contributed by atoms with Gasteiger partial charge in [-0.25, -0.2) is 5.43 Å². The summed E-state index contributed by atoms with van der Waals surface area (Å²) in [6.45, 7) is 0. The van der Waals surface area contributed by atoms with Crippen LogP contribution in [0, 0.1) is 11.3 Å². The molecule has 6 heteroatoms. The van der Waals surface area contributed by atoms with Crippen molar-refractivity contribution in [1.29, 1.82) is 5.26 Å². The van der Waals surface area contributed by atoms with Gasteiger partial charge in [0.25, 0.3) is 0 Å². The molecule has 0 radical (unpaired) electrons. The van der Waals surface area contributed by atoms with E-state index in [9.17, 15) is 4.79 Å². The summed E-state index contributed by atoms with van der Waals surface area (Å²) < 4.78 is 4.56. The Hall–Kier alpha value is -2.65. The first-order valence-corrected chi connectivity index (χ1v) is 5.22. The first-order valence-electron chi connectivity index (χ1n) is 5.22. The Morgan fingerprint density at radius 1 is 1.33 bits per heavy atom. The number of hydrogen-bond donors (Lipinski definition) is 2. The predicted molar refractivity (Wildman–Crippen MR) is 63.4 cm³/mol. The van der Waals surface area contributed by atoms with Crippen LogP contribution in [-0.2, 0) is 0 Å². The largest absolute Gasteiger partial charge is 0.364 e. The summed E-state index contributed by atoms with van der Waals surface area (Å²) in [6, 6.07) is 11.4. The van der Waals surface area contributed by atoms with Gasteiger partial charge in [-0.1, -0.05) is 23.4 Å². The molecule has 1 unspecified atom stereocenters. The summed E-state index contributed by atoms with van der Waals surface area (Å²) in [4.78, 5) is 11.8. The number of ketones is 1. The van der Waals surface area contributed by atoms with Crippen molar-refractivity contribution in [1.82, 2.24) is 10.6 Å². The molecule has 1 atom stereocenters. The van der Waals surface area contributed by atoms with Crippen molar-refractivity contribution in [2.75, 3.05) is 5.43 Å². The van der Waals surface area contributed by atoms with Crippen LogP contribution in [0.5, 0.6) is 0 Å². The lowest BCUT2D eigenvalue weighted by Crippen LogP contribution is -2.39. The molecule has 0 aliphatic heterocycles. The molecule has 0 aliphatic rings. The lowest BCUT2D eigenvalue weighted by molar-refractivity contribution is 0.0960. The molecule has 0 fully saturated rings. The van der Waals surface area contributed by atoms with Gasteiger partial charge in [-0.15, -0.1) is 0 Å². The van der Waals surface area contributed by atoms with Crippen LogP contribution in [0.1, 0.15) is 10.5 Å². The summed E-state index contributed by atoms with van der Waals surface area (Å²) in [5, 5.41) is 12.4. The Bertz CT molecular complexity index is 545. The summed E-state index contributed by atoms with van der Waals surface area (Å²) in [6.07, 6.45) is 1.28. The maximum atomic E-state index is 11.8. The second-order valence-corrected chi connectivity index (χ2v) is 3.45. The maximum absolute atomic E-state index is 11.8. The first-order chi connectivity index (χ1) is 8.81. The van der Waals surface area contributed by atoms with Crippen molar-refractivity contribution in [3.05, 3.63) is 48.4 Å². The van der Waals surface area contributed by atoms with E-state index in [4.69, 9.17) is 5.26 Å². The van der Waals surface area contributed by atoms with Crippen LogP contribution in [0.25, 0.3) is 0 Å². The van der Waals surface area contributed by atoms with Gasteiger partial charge in [-0.3, -0.25) is 4.79 Å². The van der Waals surface area contributed by atoms with Crippen molar-refractivity contribution in [2.45, 2.75) is 6.04 Å². The highest BCUT2D eigenvalue weighted by atomic mass is 16.5. The minimum Gasteiger partial charge on any atom is -0.364 e. The number of para-hydroxylation sites is 1. The Morgan fingerprint density at radius 2 is 2.11 bits per heavy atom. The fourth-order valence-electron chi connectivity index (χ4n) is 1.32. The van der Waals surface area contributed by atoms with E-state index < -0.39 is 11.8 Å². The molecule has 0 aliphatic carbocycles. The monoisotopic (exact) mass is 242 g/mol. The maximum Gasteiger partial charge on any atom is 0.217 e. The van der Waals surface area contributed by atoms with Gasteiger partial charge in [-0.2, -0.15) is 5.26 Å². The zero-order valence-corrected chi connectivity index (χ0v) is 9.33. The van der Waals surface area contributed by atoms with E-state index in [0.29, 0.717) is 0 Å². The Morgan fingerprint density at radius 3 is 2.72 bits per heavy atom. The SMILES string of the molecule is N#CC(NNc1ccccc1)C(=O)c1ccon1. The standard InChI is InChI=1S/C12H10N4O2/c13-8-11(12(17)10-6-7-18-16-10)15-14-9-4-2-1-3-5-9/h1-7,11,14-15H. The van der Waals surface area contributed by atoms with E-state index in [1.165, 1.54) is 12.3 Å². The number of nitriles is 1. The highest BCUT2D eigenvalue weighted by molar-refractivity contribution is 6.00. The molecular formula is C12H10N4O2. The fraction of sp³-hybridized carbons (Fsp3) is 0.0833. The van der Waals surface area contributed by atoms with E-state index in [-0.39, 0.29) is 5.69 Å². The zero-order valence-electron chi connectivity index (χ0n) is 9.33. The molecule has 0 saturated heterocycles. The van der Waals surface area contributed by atoms with Gasteiger partial charge < -0.3 is 9.95 Å². The van der Waals surface area contributed by atoms with Gasteiger partial charge in [0, 0.05) is 11.8 Å². The van der Waals surface area contributed by atoms with E-state index in [0.717, 1.165) is 5.69 Å². The fourth-order valence-corrected chi connectivity index (χ4v) is 1.32. The molecular weight excluding hydrogens is 232 g/mol. The zero-order chi connectivity index (χ0) is 12.8. The number of rotatable bonds is 5. The molecule has 0 spiro atoms. The molecule has 18 heavy (non-hydrogen) atoms. The number of nitrogens with zero attached hydrogens (tertiary/aromatic N) is 2. The molecule has 0 amide bonds. The van der Waals surface area contributed by atoms with Crippen molar-refractivity contribution >= 4 is 11.5 Å². The quantitative estimate of drug-likeness (QED) is 0.607. The Labute approximate surface area is 103 Å². The topological polar surface area (TPSA) is 91.0 Å². The Balaban J connectivity index is 1.99. The second-order valence-electron chi connectivity index (χ2n) is 3.45. The van der Waals surface area contributed by atoms with Crippen LogP contribution in [0.4, 0.5) is 5.69 Å². The number of nitrogens with one attached hydrogen (secondary N) is 2. The van der Waals surface area contributed by atoms with Crippen molar-refractivity contribution < 1.29 is 9.32 Å². The number of Topliss-reactive ketones (excluding diaryl/α,β-unsaturated/α-hetero) is 1. The van der Waals surface area contributed by atoms with Gasteiger partial charge >= 0.3 is 0 Å². The number of hydrogen-bond acceptors (Lipinski definition) is 6. The van der Waals surface area contributed by atoms with Crippen molar-refractivity contribution in [3.8, 4) is 6.07 Å². The molecule has 2 N–H and O–H groups in total. The number of hydrazine groups is 1. The minimum atomic E-state index is -1.03. The normalized spacial score (nSPS) is 11.5. The van der Waals surface area contributed by atoms with E-state index in [1.54, 1.807) is 0 Å². The van der Waals surface area contributed by atoms with Crippen LogP contribution < -0.4 is 10.9 Å².